The van der Waals surface area contributed by atoms with Gasteiger partial charge >= 0.3 is 17.9 Å². The minimum atomic E-state index is -1.53. The normalized spacial score (nSPS) is 10.8. The van der Waals surface area contributed by atoms with Crippen LogP contribution in [0.1, 0.15) is 15.9 Å². The molecule has 7 nitrogen and oxygen atoms in total. The number of aromatic carboxylic acids is 1. The zero-order chi connectivity index (χ0) is 16.9. The molecule has 1 rings (SSSR count). The van der Waals surface area contributed by atoms with Crippen molar-refractivity contribution >= 4 is 23.6 Å². The Kier molecular flexibility index (Phi) is 5.62. The van der Waals surface area contributed by atoms with E-state index in [1.54, 1.807) is 6.92 Å². The molecule has 22 heavy (non-hydrogen) atoms. The van der Waals surface area contributed by atoms with E-state index < -0.39 is 29.3 Å². The van der Waals surface area contributed by atoms with Crippen molar-refractivity contribution in [2.45, 2.75) is 6.92 Å². The van der Waals surface area contributed by atoms with Crippen molar-refractivity contribution in [1.82, 2.24) is 0 Å². The molecule has 0 aliphatic rings. The molecule has 0 bridgehead atoms. The summed E-state index contributed by atoms with van der Waals surface area (Å²) < 4.78 is 22.6. The minimum absolute atomic E-state index is 0.189. The second-order valence-electron chi connectivity index (χ2n) is 4.17. The first-order chi connectivity index (χ1) is 10.3. The molecule has 0 saturated heterocycles. The van der Waals surface area contributed by atoms with E-state index in [0.29, 0.717) is 5.56 Å². The number of carboxylic acids is 1. The van der Waals surface area contributed by atoms with Crippen molar-refractivity contribution in [3.8, 4) is 0 Å². The number of esters is 2. The van der Waals surface area contributed by atoms with Gasteiger partial charge in [-0.3, -0.25) is 0 Å². The van der Waals surface area contributed by atoms with E-state index in [0.717, 1.165) is 26.4 Å². The number of hydrogen-bond acceptors (Lipinski definition) is 6. The number of halogens is 1. The fraction of sp³-hybridized carbons (Fsp3) is 0.214. The maximum absolute atomic E-state index is 13.8. The highest BCUT2D eigenvalue weighted by Crippen LogP contribution is 2.23. The first-order valence-electron chi connectivity index (χ1n) is 5.98. The van der Waals surface area contributed by atoms with E-state index >= 15 is 0 Å². The molecule has 1 aromatic rings. The molecule has 0 spiro atoms. The lowest BCUT2D eigenvalue weighted by molar-refractivity contribution is -0.138. The summed E-state index contributed by atoms with van der Waals surface area (Å²) >= 11 is 0. The number of nitrogens with one attached hydrogen (secondary N) is 1. The van der Waals surface area contributed by atoms with Gasteiger partial charge in [0.1, 0.15) is 17.1 Å². The molecule has 8 heteroatoms. The van der Waals surface area contributed by atoms with Crippen LogP contribution >= 0.6 is 0 Å². The molecule has 0 radical (unpaired) electrons. The molecule has 0 aliphatic carbocycles. The zero-order valence-electron chi connectivity index (χ0n) is 12.1. The molecular weight excluding hydrogens is 297 g/mol. The van der Waals surface area contributed by atoms with Crippen LogP contribution in [-0.4, -0.2) is 37.2 Å². The third-order valence-electron chi connectivity index (χ3n) is 2.59. The van der Waals surface area contributed by atoms with E-state index in [1.807, 2.05) is 0 Å². The van der Waals surface area contributed by atoms with E-state index in [4.69, 9.17) is 5.11 Å². The number of carbonyl (C=O) groups excluding carboxylic acids is 2. The lowest BCUT2D eigenvalue weighted by atomic mass is 10.1. The highest BCUT2D eigenvalue weighted by Gasteiger charge is 2.20. The Balaban J connectivity index is 3.35. The third kappa shape index (κ3) is 4.05. The van der Waals surface area contributed by atoms with Gasteiger partial charge in [-0.2, -0.15) is 0 Å². The second-order valence-corrected chi connectivity index (χ2v) is 4.17. The Morgan fingerprint density at radius 3 is 2.36 bits per heavy atom. The number of benzene rings is 1. The summed E-state index contributed by atoms with van der Waals surface area (Å²) in [6.45, 7) is 1.54. The monoisotopic (exact) mass is 311 g/mol. The summed E-state index contributed by atoms with van der Waals surface area (Å²) in [4.78, 5) is 34.0. The summed E-state index contributed by atoms with van der Waals surface area (Å²) in [6, 6.07) is 2.36. The van der Waals surface area contributed by atoms with Gasteiger partial charge in [-0.1, -0.05) is 0 Å². The summed E-state index contributed by atoms with van der Waals surface area (Å²) in [5, 5.41) is 11.5. The Morgan fingerprint density at radius 1 is 1.23 bits per heavy atom. The maximum Gasteiger partial charge on any atom is 0.354 e. The zero-order valence-corrected chi connectivity index (χ0v) is 12.1. The van der Waals surface area contributed by atoms with E-state index in [1.165, 1.54) is 6.07 Å². The molecule has 118 valence electrons. The van der Waals surface area contributed by atoms with Crippen molar-refractivity contribution in [3.05, 3.63) is 40.8 Å². The van der Waals surface area contributed by atoms with Crippen molar-refractivity contribution in [3.63, 3.8) is 0 Å². The molecule has 0 atom stereocenters. The minimum Gasteiger partial charge on any atom is -0.478 e. The van der Waals surface area contributed by atoms with Gasteiger partial charge in [-0.15, -0.1) is 0 Å². The number of ether oxygens (including phenoxy) is 2. The molecule has 0 saturated carbocycles. The summed E-state index contributed by atoms with van der Waals surface area (Å²) in [5.74, 6) is -4.30. The Bertz CT molecular complexity index is 653. The van der Waals surface area contributed by atoms with Crippen LogP contribution in [0.5, 0.6) is 0 Å². The highest BCUT2D eigenvalue weighted by molar-refractivity contribution is 6.01. The smallest absolute Gasteiger partial charge is 0.354 e. The van der Waals surface area contributed by atoms with Gasteiger partial charge in [0.2, 0.25) is 0 Å². The number of rotatable bonds is 5. The van der Waals surface area contributed by atoms with Gasteiger partial charge in [0.25, 0.3) is 0 Å². The van der Waals surface area contributed by atoms with Crippen molar-refractivity contribution in [2.75, 3.05) is 19.5 Å². The fourth-order valence-electron chi connectivity index (χ4n) is 1.64. The predicted octanol–water partition coefficient (Wildman–Crippen LogP) is 1.47. The summed E-state index contributed by atoms with van der Waals surface area (Å²) in [5.41, 5.74) is -0.815. The molecule has 0 aromatic heterocycles. The van der Waals surface area contributed by atoms with Gasteiger partial charge < -0.3 is 19.9 Å². The molecule has 2 N–H and O–H groups in total. The van der Waals surface area contributed by atoms with Gasteiger partial charge in [0, 0.05) is 0 Å². The quantitative estimate of drug-likeness (QED) is 0.627. The van der Waals surface area contributed by atoms with Crippen molar-refractivity contribution in [2.24, 2.45) is 0 Å². The number of anilines is 1. The first kappa shape index (κ1) is 17.2. The van der Waals surface area contributed by atoms with Crippen LogP contribution in [0.15, 0.2) is 23.9 Å². The van der Waals surface area contributed by atoms with Crippen LogP contribution in [0.3, 0.4) is 0 Å². The molecule has 0 fully saturated rings. The van der Waals surface area contributed by atoms with Crippen molar-refractivity contribution < 1.29 is 33.4 Å². The number of hydrogen-bond donors (Lipinski definition) is 2. The van der Waals surface area contributed by atoms with Gasteiger partial charge in [0.05, 0.1) is 26.0 Å². The largest absolute Gasteiger partial charge is 0.478 e. The Morgan fingerprint density at radius 2 is 1.86 bits per heavy atom. The first-order valence-corrected chi connectivity index (χ1v) is 5.98. The SMILES string of the molecule is COC(=O)/C=C(/Nc1cc(C)cc(F)c1C(=O)O)C(=O)OC. The van der Waals surface area contributed by atoms with E-state index in [2.05, 4.69) is 14.8 Å². The Labute approximate surface area is 125 Å². The van der Waals surface area contributed by atoms with Crippen LogP contribution in [0.2, 0.25) is 0 Å². The van der Waals surface area contributed by atoms with E-state index in [-0.39, 0.29) is 11.4 Å². The van der Waals surface area contributed by atoms with Crippen molar-refractivity contribution in [1.29, 1.82) is 0 Å². The van der Waals surface area contributed by atoms with Gasteiger partial charge in [-0.05, 0) is 24.6 Å². The third-order valence-corrected chi connectivity index (χ3v) is 2.59. The number of carbonyl (C=O) groups is 3. The van der Waals surface area contributed by atoms with Crippen LogP contribution < -0.4 is 5.32 Å². The number of aryl methyl sites for hydroxylation is 1. The summed E-state index contributed by atoms with van der Waals surface area (Å²) in [7, 11) is 2.17. The molecule has 0 unspecified atom stereocenters. The fourth-order valence-corrected chi connectivity index (χ4v) is 1.64. The lowest BCUT2D eigenvalue weighted by Gasteiger charge is -2.13. The standard InChI is InChI=1S/C14H14FNO6/c1-7-4-8(15)12(13(18)19)9(5-7)16-10(14(20)22-3)6-11(17)21-2/h4-6,16H,1-3H3,(H,18,19)/b10-6+. The van der Waals surface area contributed by atoms with Gasteiger partial charge in [0.15, 0.2) is 0 Å². The van der Waals surface area contributed by atoms with Crippen LogP contribution in [0, 0.1) is 12.7 Å². The van der Waals surface area contributed by atoms with Crippen LogP contribution in [0.4, 0.5) is 10.1 Å². The molecule has 0 heterocycles. The van der Waals surface area contributed by atoms with Crippen LogP contribution in [-0.2, 0) is 19.1 Å². The molecule has 1 aromatic carbocycles. The second kappa shape index (κ2) is 7.21. The van der Waals surface area contributed by atoms with Gasteiger partial charge in [-0.25, -0.2) is 18.8 Å². The Hall–Kier alpha value is -2.90. The number of methoxy groups -OCH3 is 2. The molecule has 0 aliphatic heterocycles. The predicted molar refractivity (Wildman–Crippen MR) is 73.8 cm³/mol. The van der Waals surface area contributed by atoms with E-state index in [9.17, 15) is 18.8 Å². The topological polar surface area (TPSA) is 102 Å². The average Bonchev–Trinajstić information content (AvgIpc) is 2.44. The molecule has 0 amide bonds. The van der Waals surface area contributed by atoms with Crippen LogP contribution in [0.25, 0.3) is 0 Å². The highest BCUT2D eigenvalue weighted by atomic mass is 19.1. The molecular formula is C14H14FNO6. The maximum atomic E-state index is 13.8. The summed E-state index contributed by atoms with van der Waals surface area (Å²) in [6.07, 6.45) is 0.775. The average molecular weight is 311 g/mol. The lowest BCUT2D eigenvalue weighted by Crippen LogP contribution is -2.18. The number of carboxylic acid groups (broad SMARTS) is 1.